The average Bonchev–Trinajstić information content (AvgIpc) is 3.15. The smallest absolute Gasteiger partial charge is 0.210 e. The summed E-state index contributed by atoms with van der Waals surface area (Å²) in [4.78, 5) is 1.03. The van der Waals surface area contributed by atoms with Gasteiger partial charge in [-0.1, -0.05) is 55.9 Å². The van der Waals surface area contributed by atoms with E-state index in [9.17, 15) is 0 Å². The number of hydrogen-bond acceptors (Lipinski definition) is 5. The summed E-state index contributed by atoms with van der Waals surface area (Å²) >= 11 is 3.21. The quantitative estimate of drug-likeness (QED) is 0.564. The Bertz CT molecular complexity index is 730. The molecule has 22 heavy (non-hydrogen) atoms. The first-order chi connectivity index (χ1) is 10.6. The second kappa shape index (κ2) is 6.54. The molecule has 0 radical (unpaired) electrons. The number of hydrogen-bond donors (Lipinski definition) is 1. The topological polar surface area (TPSA) is 56.7 Å². The highest BCUT2D eigenvalue weighted by Crippen LogP contribution is 2.27. The minimum absolute atomic E-state index is 0.558. The number of aromatic nitrogens is 3. The molecule has 4 nitrogen and oxygen atoms in total. The molecule has 6 heteroatoms. The van der Waals surface area contributed by atoms with Gasteiger partial charge in [-0.3, -0.25) is 0 Å². The van der Waals surface area contributed by atoms with Crippen LogP contribution in [0.4, 0.5) is 0 Å². The molecule has 2 heterocycles. The monoisotopic (exact) mass is 330 g/mol. The first kappa shape index (κ1) is 15.1. The maximum Gasteiger partial charge on any atom is 0.210 e. The highest BCUT2D eigenvalue weighted by Gasteiger charge is 2.12. The van der Waals surface area contributed by atoms with Crippen molar-refractivity contribution in [1.29, 1.82) is 0 Å². The van der Waals surface area contributed by atoms with Gasteiger partial charge in [-0.25, -0.2) is 4.68 Å². The fourth-order valence-electron chi connectivity index (χ4n) is 2.10. The van der Waals surface area contributed by atoms with Crippen molar-refractivity contribution in [3.63, 3.8) is 0 Å². The third-order valence-electron chi connectivity index (χ3n) is 3.42. The number of thioether (sulfide) groups is 1. The first-order valence-electron chi connectivity index (χ1n) is 7.11. The fourth-order valence-corrected chi connectivity index (χ4v) is 3.61. The molecule has 3 rings (SSSR count). The van der Waals surface area contributed by atoms with Crippen molar-refractivity contribution in [2.75, 3.05) is 5.84 Å². The van der Waals surface area contributed by atoms with Crippen molar-refractivity contribution in [3.8, 4) is 10.7 Å². The lowest BCUT2D eigenvalue weighted by atomic mass is 10.0. The van der Waals surface area contributed by atoms with Crippen molar-refractivity contribution in [2.45, 2.75) is 30.7 Å². The number of nitrogen functional groups attached to an aromatic ring is 1. The fraction of sp³-hybridized carbons (Fsp3) is 0.250. The summed E-state index contributed by atoms with van der Waals surface area (Å²) in [7, 11) is 0. The zero-order valence-electron chi connectivity index (χ0n) is 12.6. The van der Waals surface area contributed by atoms with Crippen LogP contribution in [0.2, 0.25) is 0 Å². The van der Waals surface area contributed by atoms with Gasteiger partial charge >= 0.3 is 0 Å². The van der Waals surface area contributed by atoms with E-state index in [4.69, 9.17) is 5.84 Å². The molecule has 0 unspecified atom stereocenters. The van der Waals surface area contributed by atoms with Gasteiger partial charge in [0.25, 0.3) is 0 Å². The SMILES string of the molecule is CC(C)c1ccc(CSc2nnc(-c3cccs3)n2N)cc1. The van der Waals surface area contributed by atoms with Gasteiger partial charge in [0, 0.05) is 5.75 Å². The zero-order chi connectivity index (χ0) is 15.5. The molecule has 0 aliphatic rings. The van der Waals surface area contributed by atoms with Crippen molar-refractivity contribution >= 4 is 23.1 Å². The van der Waals surface area contributed by atoms with Crippen LogP contribution in [0.15, 0.2) is 46.9 Å². The van der Waals surface area contributed by atoms with E-state index < -0.39 is 0 Å². The van der Waals surface area contributed by atoms with Gasteiger partial charge in [0.15, 0.2) is 5.82 Å². The van der Waals surface area contributed by atoms with Crippen molar-refractivity contribution in [2.24, 2.45) is 0 Å². The molecule has 0 fully saturated rings. The molecule has 0 saturated carbocycles. The summed E-state index contributed by atoms with van der Waals surface area (Å²) in [5, 5.41) is 11.1. The van der Waals surface area contributed by atoms with Crippen molar-refractivity contribution < 1.29 is 0 Å². The van der Waals surface area contributed by atoms with Crippen LogP contribution >= 0.6 is 23.1 Å². The van der Waals surface area contributed by atoms with Crippen LogP contribution < -0.4 is 5.84 Å². The highest BCUT2D eigenvalue weighted by atomic mass is 32.2. The van der Waals surface area contributed by atoms with E-state index in [1.165, 1.54) is 11.1 Å². The second-order valence-electron chi connectivity index (χ2n) is 5.34. The zero-order valence-corrected chi connectivity index (χ0v) is 14.2. The summed E-state index contributed by atoms with van der Waals surface area (Å²) in [5.74, 6) is 8.20. The predicted molar refractivity (Wildman–Crippen MR) is 93.6 cm³/mol. The molecule has 2 N–H and O–H groups in total. The van der Waals surface area contributed by atoms with E-state index in [0.717, 1.165) is 15.8 Å². The van der Waals surface area contributed by atoms with Crippen molar-refractivity contribution in [3.05, 3.63) is 52.9 Å². The molecule has 0 spiro atoms. The van der Waals surface area contributed by atoms with Crippen LogP contribution in [0, 0.1) is 0 Å². The summed E-state index contributed by atoms with van der Waals surface area (Å²) in [6.07, 6.45) is 0. The first-order valence-corrected chi connectivity index (χ1v) is 8.97. The van der Waals surface area contributed by atoms with Gasteiger partial charge in [0.2, 0.25) is 5.16 Å². The third-order valence-corrected chi connectivity index (χ3v) is 5.30. The normalized spacial score (nSPS) is 11.2. The van der Waals surface area contributed by atoms with E-state index in [-0.39, 0.29) is 0 Å². The van der Waals surface area contributed by atoms with Gasteiger partial charge in [-0.05, 0) is 28.5 Å². The molecule has 0 atom stereocenters. The lowest BCUT2D eigenvalue weighted by Gasteiger charge is -2.06. The maximum atomic E-state index is 6.10. The van der Waals surface area contributed by atoms with E-state index in [1.54, 1.807) is 27.8 Å². The molecule has 0 aliphatic heterocycles. The summed E-state index contributed by atoms with van der Waals surface area (Å²) < 4.78 is 1.57. The van der Waals surface area contributed by atoms with Crippen LogP contribution in [0.3, 0.4) is 0 Å². The van der Waals surface area contributed by atoms with Gasteiger partial charge < -0.3 is 5.84 Å². The number of benzene rings is 1. The molecule has 0 aliphatic carbocycles. The Morgan fingerprint density at radius 1 is 1.18 bits per heavy atom. The van der Waals surface area contributed by atoms with Crippen LogP contribution in [0.5, 0.6) is 0 Å². The molecule has 0 amide bonds. The van der Waals surface area contributed by atoms with Crippen LogP contribution in [0.25, 0.3) is 10.7 Å². The van der Waals surface area contributed by atoms with Gasteiger partial charge in [-0.15, -0.1) is 21.5 Å². The van der Waals surface area contributed by atoms with Gasteiger partial charge in [0.05, 0.1) is 4.88 Å². The molecular formula is C16H18N4S2. The number of nitrogens with zero attached hydrogens (tertiary/aromatic N) is 3. The Hall–Kier alpha value is -1.79. The molecule has 114 valence electrons. The minimum atomic E-state index is 0.558. The molecule has 0 saturated heterocycles. The Morgan fingerprint density at radius 2 is 1.95 bits per heavy atom. The third kappa shape index (κ3) is 3.18. The minimum Gasteiger partial charge on any atom is -0.335 e. The Labute approximate surface area is 138 Å². The van der Waals surface area contributed by atoms with Crippen LogP contribution in [0.1, 0.15) is 30.9 Å². The molecule has 2 aromatic heterocycles. The maximum absolute atomic E-state index is 6.10. The molecule has 1 aromatic carbocycles. The van der Waals surface area contributed by atoms with Gasteiger partial charge in [0.1, 0.15) is 0 Å². The van der Waals surface area contributed by atoms with E-state index >= 15 is 0 Å². The highest BCUT2D eigenvalue weighted by molar-refractivity contribution is 7.98. The van der Waals surface area contributed by atoms with E-state index in [0.29, 0.717) is 11.7 Å². The van der Waals surface area contributed by atoms with Gasteiger partial charge in [-0.2, -0.15) is 0 Å². The largest absolute Gasteiger partial charge is 0.335 e. The summed E-state index contributed by atoms with van der Waals surface area (Å²) in [6.45, 7) is 4.40. The molecule has 3 aromatic rings. The van der Waals surface area contributed by atoms with Crippen LogP contribution in [-0.2, 0) is 5.75 Å². The average molecular weight is 330 g/mol. The Balaban J connectivity index is 1.69. The molecule has 0 bridgehead atoms. The van der Waals surface area contributed by atoms with E-state index in [1.807, 2.05) is 17.5 Å². The number of thiophene rings is 1. The second-order valence-corrected chi connectivity index (χ2v) is 7.23. The lowest BCUT2D eigenvalue weighted by molar-refractivity contribution is 0.850. The number of rotatable bonds is 5. The number of nitrogens with two attached hydrogens (primary N) is 1. The summed E-state index contributed by atoms with van der Waals surface area (Å²) in [5.41, 5.74) is 2.62. The standard InChI is InChI=1S/C16H18N4S2/c1-11(2)13-7-5-12(6-8-13)10-22-16-19-18-15(20(16)17)14-4-3-9-21-14/h3-9,11H,10,17H2,1-2H3. The Morgan fingerprint density at radius 3 is 2.59 bits per heavy atom. The predicted octanol–water partition coefficient (Wildman–Crippen LogP) is 4.14. The Kier molecular flexibility index (Phi) is 4.49. The summed E-state index contributed by atoms with van der Waals surface area (Å²) in [6, 6.07) is 12.7. The lowest BCUT2D eigenvalue weighted by Crippen LogP contribution is -2.11. The van der Waals surface area contributed by atoms with E-state index in [2.05, 4.69) is 48.3 Å². The van der Waals surface area contributed by atoms with Crippen LogP contribution in [-0.4, -0.2) is 14.9 Å². The van der Waals surface area contributed by atoms with Crippen molar-refractivity contribution in [1.82, 2.24) is 14.9 Å². The molecular weight excluding hydrogens is 312 g/mol.